The molecule has 1 N–H and O–H groups in total. The molecule has 0 radical (unpaired) electrons. The summed E-state index contributed by atoms with van der Waals surface area (Å²) in [6.45, 7) is 4.95. The Balaban J connectivity index is 2.52. The van der Waals surface area contributed by atoms with Crippen LogP contribution in [0.15, 0.2) is 29.2 Å². The Labute approximate surface area is 118 Å². The monoisotopic (exact) mass is 283 g/mol. The lowest BCUT2D eigenvalue weighted by molar-refractivity contribution is -0.144. The fraction of sp³-hybridized carbons (Fsp3) is 0.500. The van der Waals surface area contributed by atoms with Crippen molar-refractivity contribution >= 4 is 17.7 Å². The molecule has 0 amide bonds. The van der Waals surface area contributed by atoms with Gasteiger partial charge in [0.05, 0.1) is 13.7 Å². The molecule has 106 valence electrons. The van der Waals surface area contributed by atoms with Crippen molar-refractivity contribution in [3.05, 3.63) is 24.3 Å². The number of thioether (sulfide) groups is 1. The SMILES string of the molecule is CCNC(CSc1ccc(OC)cc1)C(=O)OCC. The van der Waals surface area contributed by atoms with E-state index in [9.17, 15) is 4.79 Å². The summed E-state index contributed by atoms with van der Waals surface area (Å²) in [7, 11) is 1.64. The van der Waals surface area contributed by atoms with Gasteiger partial charge in [0, 0.05) is 10.6 Å². The average molecular weight is 283 g/mol. The van der Waals surface area contributed by atoms with Crippen LogP contribution < -0.4 is 10.1 Å². The van der Waals surface area contributed by atoms with Crippen LogP contribution in [0.3, 0.4) is 0 Å². The second-order valence-corrected chi connectivity index (χ2v) is 4.94. The van der Waals surface area contributed by atoms with Gasteiger partial charge in [-0.25, -0.2) is 0 Å². The molecule has 0 saturated carbocycles. The molecule has 0 aliphatic rings. The van der Waals surface area contributed by atoms with Gasteiger partial charge in [-0.1, -0.05) is 6.92 Å². The Hall–Kier alpha value is -1.20. The highest BCUT2D eigenvalue weighted by atomic mass is 32.2. The van der Waals surface area contributed by atoms with Crippen molar-refractivity contribution in [2.45, 2.75) is 24.8 Å². The molecule has 19 heavy (non-hydrogen) atoms. The Bertz CT molecular complexity index is 381. The van der Waals surface area contributed by atoms with Crippen molar-refractivity contribution in [3.8, 4) is 5.75 Å². The van der Waals surface area contributed by atoms with Crippen LogP contribution >= 0.6 is 11.8 Å². The zero-order valence-corrected chi connectivity index (χ0v) is 12.5. The average Bonchev–Trinajstić information content (AvgIpc) is 2.44. The summed E-state index contributed by atoms with van der Waals surface area (Å²) in [6, 6.07) is 7.52. The zero-order chi connectivity index (χ0) is 14.1. The summed E-state index contributed by atoms with van der Waals surface area (Å²) >= 11 is 1.62. The highest BCUT2D eigenvalue weighted by Gasteiger charge is 2.18. The lowest BCUT2D eigenvalue weighted by Crippen LogP contribution is -2.40. The molecular weight excluding hydrogens is 262 g/mol. The number of hydrogen-bond donors (Lipinski definition) is 1. The molecule has 0 spiro atoms. The van der Waals surface area contributed by atoms with Gasteiger partial charge in [0.25, 0.3) is 0 Å². The Morgan fingerprint density at radius 3 is 2.53 bits per heavy atom. The fourth-order valence-electron chi connectivity index (χ4n) is 1.55. The van der Waals surface area contributed by atoms with E-state index in [-0.39, 0.29) is 12.0 Å². The summed E-state index contributed by atoms with van der Waals surface area (Å²) in [5.74, 6) is 1.29. The summed E-state index contributed by atoms with van der Waals surface area (Å²) < 4.78 is 10.2. The quantitative estimate of drug-likeness (QED) is 0.586. The fourth-order valence-corrected chi connectivity index (χ4v) is 2.49. The molecule has 0 aliphatic carbocycles. The van der Waals surface area contributed by atoms with Crippen LogP contribution in [0.25, 0.3) is 0 Å². The number of likely N-dealkylation sites (N-methyl/N-ethyl adjacent to an activating group) is 1. The summed E-state index contributed by atoms with van der Waals surface area (Å²) in [4.78, 5) is 12.8. The van der Waals surface area contributed by atoms with Gasteiger partial charge in [-0.3, -0.25) is 4.79 Å². The van der Waals surface area contributed by atoms with Gasteiger partial charge in [0.1, 0.15) is 11.8 Å². The first-order valence-electron chi connectivity index (χ1n) is 6.38. The number of esters is 1. The van der Waals surface area contributed by atoms with Gasteiger partial charge in [0.15, 0.2) is 0 Å². The maximum Gasteiger partial charge on any atom is 0.323 e. The van der Waals surface area contributed by atoms with Gasteiger partial charge in [-0.2, -0.15) is 0 Å². The number of methoxy groups -OCH3 is 1. The van der Waals surface area contributed by atoms with E-state index in [2.05, 4.69) is 5.32 Å². The van der Waals surface area contributed by atoms with Crippen molar-refractivity contribution in [3.63, 3.8) is 0 Å². The molecule has 1 aromatic carbocycles. The van der Waals surface area contributed by atoms with Crippen molar-refractivity contribution in [2.24, 2.45) is 0 Å². The van der Waals surface area contributed by atoms with Crippen LogP contribution in [0, 0.1) is 0 Å². The normalized spacial score (nSPS) is 11.9. The molecule has 5 heteroatoms. The molecule has 0 fully saturated rings. The second kappa shape index (κ2) is 8.82. The molecular formula is C14H21NO3S. The minimum absolute atomic E-state index is 0.189. The first-order valence-corrected chi connectivity index (χ1v) is 7.36. The van der Waals surface area contributed by atoms with E-state index < -0.39 is 0 Å². The highest BCUT2D eigenvalue weighted by molar-refractivity contribution is 7.99. The minimum atomic E-state index is -0.267. The summed E-state index contributed by atoms with van der Waals surface area (Å²) in [5.41, 5.74) is 0. The van der Waals surface area contributed by atoms with Gasteiger partial charge in [-0.15, -0.1) is 11.8 Å². The smallest absolute Gasteiger partial charge is 0.323 e. The molecule has 4 nitrogen and oxygen atoms in total. The first kappa shape index (κ1) is 15.9. The van der Waals surface area contributed by atoms with Crippen LogP contribution in [-0.4, -0.2) is 38.0 Å². The molecule has 0 saturated heterocycles. The van der Waals surface area contributed by atoms with Crippen LogP contribution in [0.1, 0.15) is 13.8 Å². The second-order valence-electron chi connectivity index (χ2n) is 3.85. The number of nitrogens with one attached hydrogen (secondary N) is 1. The van der Waals surface area contributed by atoms with E-state index in [1.165, 1.54) is 0 Å². The van der Waals surface area contributed by atoms with Crippen molar-refractivity contribution in [1.29, 1.82) is 0 Å². The standard InChI is InChI=1S/C14H21NO3S/c1-4-15-13(14(16)18-5-2)10-19-12-8-6-11(17-3)7-9-12/h6-9,13,15H,4-5,10H2,1-3H3. The van der Waals surface area contributed by atoms with Crippen molar-refractivity contribution in [2.75, 3.05) is 26.0 Å². The largest absolute Gasteiger partial charge is 0.497 e. The minimum Gasteiger partial charge on any atom is -0.497 e. The topological polar surface area (TPSA) is 47.6 Å². The van der Waals surface area contributed by atoms with Gasteiger partial charge in [0.2, 0.25) is 0 Å². The van der Waals surface area contributed by atoms with Gasteiger partial charge in [-0.05, 0) is 37.7 Å². The van der Waals surface area contributed by atoms with E-state index in [1.807, 2.05) is 38.1 Å². The third-order valence-corrected chi connectivity index (χ3v) is 3.60. The van der Waals surface area contributed by atoms with E-state index in [4.69, 9.17) is 9.47 Å². The number of ether oxygens (including phenoxy) is 2. The van der Waals surface area contributed by atoms with E-state index in [0.29, 0.717) is 12.4 Å². The molecule has 0 bridgehead atoms. The molecule has 0 aliphatic heterocycles. The van der Waals surface area contributed by atoms with E-state index in [1.54, 1.807) is 18.9 Å². The molecule has 1 atom stereocenters. The van der Waals surface area contributed by atoms with Crippen LogP contribution in [0.4, 0.5) is 0 Å². The van der Waals surface area contributed by atoms with Crippen LogP contribution in [0.2, 0.25) is 0 Å². The molecule has 0 heterocycles. The molecule has 1 rings (SSSR count). The number of carbonyl (C=O) groups excluding carboxylic acids is 1. The van der Waals surface area contributed by atoms with Crippen molar-refractivity contribution in [1.82, 2.24) is 5.32 Å². The van der Waals surface area contributed by atoms with E-state index in [0.717, 1.165) is 17.2 Å². The number of hydrogen-bond acceptors (Lipinski definition) is 5. The van der Waals surface area contributed by atoms with Crippen LogP contribution in [-0.2, 0) is 9.53 Å². The summed E-state index contributed by atoms with van der Waals surface area (Å²) in [5, 5.41) is 3.14. The third-order valence-electron chi connectivity index (χ3n) is 2.50. The van der Waals surface area contributed by atoms with E-state index >= 15 is 0 Å². The Morgan fingerprint density at radius 1 is 1.32 bits per heavy atom. The number of rotatable bonds is 8. The lowest BCUT2D eigenvalue weighted by atomic mass is 10.3. The highest BCUT2D eigenvalue weighted by Crippen LogP contribution is 2.22. The predicted octanol–water partition coefficient (Wildman–Crippen LogP) is 2.33. The molecule has 1 aromatic rings. The lowest BCUT2D eigenvalue weighted by Gasteiger charge is -2.15. The van der Waals surface area contributed by atoms with Crippen LogP contribution in [0.5, 0.6) is 5.75 Å². The Morgan fingerprint density at radius 2 is 2.00 bits per heavy atom. The van der Waals surface area contributed by atoms with Crippen molar-refractivity contribution < 1.29 is 14.3 Å². The molecule has 1 unspecified atom stereocenters. The molecule has 0 aromatic heterocycles. The zero-order valence-electron chi connectivity index (χ0n) is 11.6. The Kier molecular flexibility index (Phi) is 7.36. The number of carbonyl (C=O) groups is 1. The van der Waals surface area contributed by atoms with Gasteiger partial charge < -0.3 is 14.8 Å². The van der Waals surface area contributed by atoms with Gasteiger partial charge >= 0.3 is 5.97 Å². The number of benzene rings is 1. The third kappa shape index (κ3) is 5.53. The first-order chi connectivity index (χ1) is 9.21. The summed E-state index contributed by atoms with van der Waals surface area (Å²) in [6.07, 6.45) is 0. The maximum atomic E-state index is 11.7. The predicted molar refractivity (Wildman–Crippen MR) is 77.8 cm³/mol. The maximum absolute atomic E-state index is 11.7.